The van der Waals surface area contributed by atoms with E-state index < -0.39 is 0 Å². The third-order valence-corrected chi connectivity index (χ3v) is 3.85. The van der Waals surface area contributed by atoms with Crippen molar-refractivity contribution in [1.29, 1.82) is 0 Å². The highest BCUT2D eigenvalue weighted by molar-refractivity contribution is 5.71. The van der Waals surface area contributed by atoms with Crippen LogP contribution in [0.15, 0.2) is 30.3 Å². The van der Waals surface area contributed by atoms with Crippen molar-refractivity contribution in [3.8, 4) is 0 Å². The minimum Gasteiger partial charge on any atom is -0.258 e. The van der Waals surface area contributed by atoms with Crippen LogP contribution in [0, 0.1) is 37.8 Å². The Morgan fingerprint density at radius 3 is 2.00 bits per heavy atom. The standard InChI is InChI=1S/C18H19NO2/c1-12-5-6-16(11-18(12)19(20)21)7-8-17-9-13(2)15(4)14(3)10-17/h5-11H,1-4H3/b8-7+. The van der Waals surface area contributed by atoms with Gasteiger partial charge in [0.25, 0.3) is 5.69 Å². The molecule has 0 unspecified atom stereocenters. The van der Waals surface area contributed by atoms with Crippen molar-refractivity contribution in [2.75, 3.05) is 0 Å². The summed E-state index contributed by atoms with van der Waals surface area (Å²) in [5.41, 5.74) is 6.60. The van der Waals surface area contributed by atoms with Crippen LogP contribution >= 0.6 is 0 Å². The first-order valence-electron chi connectivity index (χ1n) is 6.89. The Morgan fingerprint density at radius 1 is 0.857 bits per heavy atom. The molecule has 21 heavy (non-hydrogen) atoms. The van der Waals surface area contributed by atoms with Crippen LogP contribution in [-0.4, -0.2) is 4.92 Å². The lowest BCUT2D eigenvalue weighted by Gasteiger charge is -2.06. The van der Waals surface area contributed by atoms with E-state index in [2.05, 4.69) is 32.9 Å². The minimum absolute atomic E-state index is 0.161. The van der Waals surface area contributed by atoms with E-state index in [-0.39, 0.29) is 10.6 Å². The molecular formula is C18H19NO2. The molecule has 2 rings (SSSR count). The zero-order valence-corrected chi connectivity index (χ0v) is 12.8. The summed E-state index contributed by atoms with van der Waals surface area (Å²) < 4.78 is 0. The second kappa shape index (κ2) is 5.92. The van der Waals surface area contributed by atoms with Gasteiger partial charge >= 0.3 is 0 Å². The lowest BCUT2D eigenvalue weighted by Crippen LogP contribution is -1.91. The van der Waals surface area contributed by atoms with E-state index in [4.69, 9.17) is 0 Å². The highest BCUT2D eigenvalue weighted by atomic mass is 16.6. The normalized spacial score (nSPS) is 11.0. The van der Waals surface area contributed by atoms with Crippen molar-refractivity contribution in [2.24, 2.45) is 0 Å². The van der Waals surface area contributed by atoms with E-state index in [0.717, 1.165) is 11.1 Å². The number of nitro groups is 1. The van der Waals surface area contributed by atoms with Gasteiger partial charge in [-0.3, -0.25) is 10.1 Å². The molecule has 2 aromatic rings. The van der Waals surface area contributed by atoms with E-state index in [1.54, 1.807) is 19.1 Å². The van der Waals surface area contributed by atoms with Crippen molar-refractivity contribution in [2.45, 2.75) is 27.7 Å². The third kappa shape index (κ3) is 3.37. The van der Waals surface area contributed by atoms with Crippen molar-refractivity contribution in [3.63, 3.8) is 0 Å². The first kappa shape index (κ1) is 15.0. The number of nitro benzene ring substituents is 1. The predicted octanol–water partition coefficient (Wildman–Crippen LogP) is 5.00. The maximum atomic E-state index is 11.0. The van der Waals surface area contributed by atoms with Gasteiger partial charge in [0.15, 0.2) is 0 Å². The Bertz CT molecular complexity index is 707. The van der Waals surface area contributed by atoms with Crippen LogP contribution < -0.4 is 0 Å². The Hall–Kier alpha value is -2.42. The summed E-state index contributed by atoms with van der Waals surface area (Å²) >= 11 is 0. The molecule has 0 N–H and O–H groups in total. The Kier molecular flexibility index (Phi) is 4.22. The molecule has 0 aromatic heterocycles. The Balaban J connectivity index is 2.34. The van der Waals surface area contributed by atoms with E-state index in [1.165, 1.54) is 16.7 Å². The number of benzene rings is 2. The molecule has 2 aromatic carbocycles. The molecule has 0 heterocycles. The Morgan fingerprint density at radius 2 is 1.43 bits per heavy atom. The maximum Gasteiger partial charge on any atom is 0.272 e. The van der Waals surface area contributed by atoms with E-state index in [0.29, 0.717) is 5.56 Å². The van der Waals surface area contributed by atoms with Gasteiger partial charge in [-0.25, -0.2) is 0 Å². The van der Waals surface area contributed by atoms with E-state index in [1.807, 2.05) is 18.2 Å². The second-order valence-corrected chi connectivity index (χ2v) is 5.42. The van der Waals surface area contributed by atoms with Crippen LogP contribution in [0.2, 0.25) is 0 Å². The van der Waals surface area contributed by atoms with Gasteiger partial charge in [-0.2, -0.15) is 0 Å². The maximum absolute atomic E-state index is 11.0. The molecule has 3 nitrogen and oxygen atoms in total. The molecule has 0 saturated carbocycles. The summed E-state index contributed by atoms with van der Waals surface area (Å²) in [6.07, 6.45) is 3.91. The lowest BCUT2D eigenvalue weighted by atomic mass is 10.00. The van der Waals surface area contributed by atoms with Crippen LogP contribution in [0.3, 0.4) is 0 Å². The topological polar surface area (TPSA) is 43.1 Å². The Labute approximate surface area is 125 Å². The quantitative estimate of drug-likeness (QED) is 0.451. The van der Waals surface area contributed by atoms with Gasteiger partial charge < -0.3 is 0 Å². The monoisotopic (exact) mass is 281 g/mol. The van der Waals surface area contributed by atoms with Crippen LogP contribution in [0.5, 0.6) is 0 Å². The average Bonchev–Trinajstić information content (AvgIpc) is 2.43. The molecule has 108 valence electrons. The van der Waals surface area contributed by atoms with Gasteiger partial charge in [0.05, 0.1) is 4.92 Å². The van der Waals surface area contributed by atoms with Crippen molar-refractivity contribution in [3.05, 3.63) is 73.8 Å². The summed E-state index contributed by atoms with van der Waals surface area (Å²) in [6, 6.07) is 9.54. The number of rotatable bonds is 3. The molecule has 0 amide bonds. The van der Waals surface area contributed by atoms with Crippen molar-refractivity contribution in [1.82, 2.24) is 0 Å². The number of aryl methyl sites for hydroxylation is 3. The second-order valence-electron chi connectivity index (χ2n) is 5.42. The molecule has 0 radical (unpaired) electrons. The number of hydrogen-bond donors (Lipinski definition) is 0. The fraction of sp³-hybridized carbons (Fsp3) is 0.222. The molecule has 0 bridgehead atoms. The van der Waals surface area contributed by atoms with Gasteiger partial charge in [0.2, 0.25) is 0 Å². The summed E-state index contributed by atoms with van der Waals surface area (Å²) in [6.45, 7) is 8.05. The van der Waals surface area contributed by atoms with Gasteiger partial charge in [0, 0.05) is 11.6 Å². The lowest BCUT2D eigenvalue weighted by molar-refractivity contribution is -0.385. The third-order valence-electron chi connectivity index (χ3n) is 3.85. The first-order valence-corrected chi connectivity index (χ1v) is 6.89. The van der Waals surface area contributed by atoms with Gasteiger partial charge in [0.1, 0.15) is 0 Å². The molecule has 3 heteroatoms. The predicted molar refractivity (Wildman–Crippen MR) is 87.4 cm³/mol. The molecule has 0 spiro atoms. The van der Waals surface area contributed by atoms with E-state index in [9.17, 15) is 10.1 Å². The molecule has 0 aliphatic carbocycles. The smallest absolute Gasteiger partial charge is 0.258 e. The molecule has 0 atom stereocenters. The molecule has 0 aliphatic rings. The first-order chi connectivity index (χ1) is 9.88. The highest BCUT2D eigenvalue weighted by Gasteiger charge is 2.09. The highest BCUT2D eigenvalue weighted by Crippen LogP contribution is 2.22. The fourth-order valence-corrected chi connectivity index (χ4v) is 2.28. The van der Waals surface area contributed by atoms with E-state index >= 15 is 0 Å². The molecule has 0 aliphatic heterocycles. The molecular weight excluding hydrogens is 262 g/mol. The van der Waals surface area contributed by atoms with Crippen molar-refractivity contribution >= 4 is 17.8 Å². The average molecular weight is 281 g/mol. The van der Waals surface area contributed by atoms with Crippen molar-refractivity contribution < 1.29 is 4.92 Å². The number of hydrogen-bond acceptors (Lipinski definition) is 2. The summed E-state index contributed by atoms with van der Waals surface area (Å²) in [5, 5.41) is 11.0. The molecule has 0 saturated heterocycles. The van der Waals surface area contributed by atoms with Gasteiger partial charge in [-0.05, 0) is 55.5 Å². The summed E-state index contributed by atoms with van der Waals surface area (Å²) in [5.74, 6) is 0. The van der Waals surface area contributed by atoms with Crippen LogP contribution in [-0.2, 0) is 0 Å². The number of nitrogens with zero attached hydrogens (tertiary/aromatic N) is 1. The summed E-state index contributed by atoms with van der Waals surface area (Å²) in [7, 11) is 0. The fourth-order valence-electron chi connectivity index (χ4n) is 2.28. The minimum atomic E-state index is -0.340. The van der Waals surface area contributed by atoms with Crippen LogP contribution in [0.1, 0.15) is 33.4 Å². The largest absolute Gasteiger partial charge is 0.272 e. The van der Waals surface area contributed by atoms with Crippen LogP contribution in [0.25, 0.3) is 12.2 Å². The molecule has 0 fully saturated rings. The zero-order valence-electron chi connectivity index (χ0n) is 12.8. The zero-order chi connectivity index (χ0) is 15.6. The van der Waals surface area contributed by atoms with Gasteiger partial charge in [-0.1, -0.05) is 36.4 Å². The summed E-state index contributed by atoms with van der Waals surface area (Å²) in [4.78, 5) is 10.6. The van der Waals surface area contributed by atoms with Crippen LogP contribution in [0.4, 0.5) is 5.69 Å². The van der Waals surface area contributed by atoms with Gasteiger partial charge in [-0.15, -0.1) is 0 Å². The SMILES string of the molecule is Cc1ccc(/C=C/c2cc(C)c(C)c(C)c2)cc1[N+](=O)[O-].